The van der Waals surface area contributed by atoms with E-state index >= 15 is 0 Å². The van der Waals surface area contributed by atoms with Gasteiger partial charge < -0.3 is 15.5 Å². The predicted molar refractivity (Wildman–Crippen MR) is 92.6 cm³/mol. The molecule has 0 fully saturated rings. The first-order valence-corrected chi connectivity index (χ1v) is 9.32. The molecule has 0 aromatic heterocycles. The Labute approximate surface area is 142 Å². The van der Waals surface area contributed by atoms with Crippen LogP contribution in [0.4, 0.5) is 0 Å². The molecule has 4 N–H and O–H groups in total. The van der Waals surface area contributed by atoms with Gasteiger partial charge in [0.2, 0.25) is 0 Å². The molecule has 7 heteroatoms. The molecule has 0 saturated carbocycles. The van der Waals surface area contributed by atoms with Crippen LogP contribution in [0.5, 0.6) is 5.75 Å². The van der Waals surface area contributed by atoms with Crippen LogP contribution in [0.25, 0.3) is 0 Å². The summed E-state index contributed by atoms with van der Waals surface area (Å²) in [6.07, 6.45) is 4.20. The molecule has 24 heavy (non-hydrogen) atoms. The Morgan fingerprint density at radius 3 is 2.46 bits per heavy atom. The Morgan fingerprint density at radius 1 is 1.21 bits per heavy atom. The van der Waals surface area contributed by atoms with Gasteiger partial charge in [-0.05, 0) is 55.7 Å². The van der Waals surface area contributed by atoms with Crippen LogP contribution >= 0.6 is 0 Å². The fraction of sp³-hybridized carbons (Fsp3) is 0.412. The summed E-state index contributed by atoms with van der Waals surface area (Å²) in [5, 5.41) is 21.4. The minimum atomic E-state index is -4.25. The highest BCUT2D eigenvalue weighted by Gasteiger charge is 2.34. The Hall–Kier alpha value is -1.83. The van der Waals surface area contributed by atoms with Crippen molar-refractivity contribution in [1.82, 2.24) is 5.32 Å². The van der Waals surface area contributed by atoms with E-state index in [1.54, 1.807) is 43.3 Å². The van der Waals surface area contributed by atoms with E-state index in [1.165, 1.54) is 0 Å². The first-order chi connectivity index (χ1) is 11.3. The monoisotopic (exact) mass is 353 g/mol. The SMILES string of the molecule is C/C=C1/C=C(O)C[C@@H](NCCc2ccc(O)cc2)C(S(=O)(=O)O)C1. The van der Waals surface area contributed by atoms with Crippen molar-refractivity contribution in [2.24, 2.45) is 0 Å². The topological polar surface area (TPSA) is 107 Å². The molecule has 1 aromatic rings. The van der Waals surface area contributed by atoms with Crippen molar-refractivity contribution in [2.45, 2.75) is 37.5 Å². The second-order valence-corrected chi connectivity index (χ2v) is 7.57. The van der Waals surface area contributed by atoms with Gasteiger partial charge in [-0.3, -0.25) is 4.55 Å². The zero-order valence-corrected chi connectivity index (χ0v) is 14.3. The third kappa shape index (κ3) is 5.09. The Kier molecular flexibility index (Phi) is 6.04. The quantitative estimate of drug-likeness (QED) is 0.605. The lowest BCUT2D eigenvalue weighted by Gasteiger charge is -2.24. The third-order valence-corrected chi connectivity index (χ3v) is 5.44. The van der Waals surface area contributed by atoms with Gasteiger partial charge in [-0.15, -0.1) is 0 Å². The van der Waals surface area contributed by atoms with Crippen molar-refractivity contribution in [2.75, 3.05) is 6.54 Å². The lowest BCUT2D eigenvalue weighted by Crippen LogP contribution is -2.44. The van der Waals surface area contributed by atoms with Gasteiger partial charge in [0, 0.05) is 12.5 Å². The highest BCUT2D eigenvalue weighted by molar-refractivity contribution is 7.86. The normalized spacial score (nSPS) is 23.8. The average molecular weight is 353 g/mol. The molecular weight excluding hydrogens is 330 g/mol. The zero-order valence-electron chi connectivity index (χ0n) is 13.5. The van der Waals surface area contributed by atoms with Crippen LogP contribution in [0.3, 0.4) is 0 Å². The highest BCUT2D eigenvalue weighted by Crippen LogP contribution is 2.25. The van der Waals surface area contributed by atoms with Gasteiger partial charge in [-0.2, -0.15) is 8.42 Å². The van der Waals surface area contributed by atoms with Crippen LogP contribution in [0, 0.1) is 0 Å². The summed E-state index contributed by atoms with van der Waals surface area (Å²) in [5.41, 5.74) is 1.67. The van der Waals surface area contributed by atoms with Gasteiger partial charge in [0.15, 0.2) is 0 Å². The van der Waals surface area contributed by atoms with Crippen LogP contribution in [0.15, 0.2) is 47.7 Å². The standard InChI is InChI=1S/C17H23NO5S/c1-2-12-9-15(20)11-16(17(10-12)24(21,22)23)18-8-7-13-3-5-14(19)6-4-13/h2-6,9,16-20H,7-8,10-11H2,1H3,(H,21,22,23)/b12-2-/t16-,17?/m1/s1. The van der Waals surface area contributed by atoms with Crippen molar-refractivity contribution < 1.29 is 23.2 Å². The molecule has 1 aromatic carbocycles. The second kappa shape index (κ2) is 7.83. The largest absolute Gasteiger partial charge is 0.512 e. The van der Waals surface area contributed by atoms with Crippen molar-refractivity contribution in [3.63, 3.8) is 0 Å². The van der Waals surface area contributed by atoms with Crippen molar-refractivity contribution in [3.8, 4) is 5.75 Å². The number of nitrogens with one attached hydrogen (secondary N) is 1. The van der Waals surface area contributed by atoms with E-state index in [0.29, 0.717) is 18.5 Å². The Balaban J connectivity index is 2.07. The van der Waals surface area contributed by atoms with Crippen LogP contribution in [-0.4, -0.2) is 41.0 Å². The molecule has 2 atom stereocenters. The molecular formula is C17H23NO5S. The molecule has 0 saturated heterocycles. The average Bonchev–Trinajstić information content (AvgIpc) is 2.67. The number of aromatic hydroxyl groups is 1. The number of hydrogen-bond acceptors (Lipinski definition) is 5. The summed E-state index contributed by atoms with van der Waals surface area (Å²) >= 11 is 0. The van der Waals surface area contributed by atoms with Crippen molar-refractivity contribution in [3.05, 3.63) is 53.3 Å². The predicted octanol–water partition coefficient (Wildman–Crippen LogP) is 2.33. The van der Waals surface area contributed by atoms with E-state index in [1.807, 2.05) is 0 Å². The number of rotatable bonds is 5. The van der Waals surface area contributed by atoms with E-state index in [-0.39, 0.29) is 24.4 Å². The molecule has 0 aliphatic heterocycles. The maximum Gasteiger partial charge on any atom is 0.269 e. The van der Waals surface area contributed by atoms with Gasteiger partial charge in [-0.1, -0.05) is 18.2 Å². The van der Waals surface area contributed by atoms with Crippen molar-refractivity contribution in [1.29, 1.82) is 0 Å². The zero-order chi connectivity index (χ0) is 17.7. The molecule has 0 radical (unpaired) electrons. The fourth-order valence-corrected chi connectivity index (χ4v) is 3.86. The number of allylic oxidation sites excluding steroid dienone is 3. The van der Waals surface area contributed by atoms with Crippen LogP contribution in [-0.2, 0) is 16.5 Å². The van der Waals surface area contributed by atoms with Crippen LogP contribution < -0.4 is 5.32 Å². The Morgan fingerprint density at radius 2 is 1.88 bits per heavy atom. The maximum atomic E-state index is 11.7. The first kappa shape index (κ1) is 18.5. The van der Waals surface area contributed by atoms with E-state index in [0.717, 1.165) is 5.56 Å². The van der Waals surface area contributed by atoms with Gasteiger partial charge in [0.25, 0.3) is 10.1 Å². The summed E-state index contributed by atoms with van der Waals surface area (Å²) in [7, 11) is -4.25. The molecule has 0 spiro atoms. The van der Waals surface area contributed by atoms with Crippen LogP contribution in [0.1, 0.15) is 25.3 Å². The summed E-state index contributed by atoms with van der Waals surface area (Å²) in [5.74, 6) is 0.284. The number of phenolic OH excluding ortho intramolecular Hbond substituents is 1. The first-order valence-electron chi connectivity index (χ1n) is 7.82. The van der Waals surface area contributed by atoms with E-state index < -0.39 is 21.4 Å². The number of benzene rings is 1. The maximum absolute atomic E-state index is 11.7. The smallest absolute Gasteiger partial charge is 0.269 e. The highest BCUT2D eigenvalue weighted by atomic mass is 32.2. The molecule has 6 nitrogen and oxygen atoms in total. The molecule has 132 valence electrons. The number of phenols is 1. The molecule has 0 amide bonds. The van der Waals surface area contributed by atoms with Gasteiger partial charge >= 0.3 is 0 Å². The number of aliphatic hydroxyl groups is 1. The Bertz CT molecular complexity index is 722. The van der Waals surface area contributed by atoms with E-state index in [2.05, 4.69) is 5.32 Å². The molecule has 1 unspecified atom stereocenters. The number of hydrogen-bond donors (Lipinski definition) is 4. The second-order valence-electron chi connectivity index (χ2n) is 5.94. The summed E-state index contributed by atoms with van der Waals surface area (Å²) in [6, 6.07) is 6.19. The molecule has 0 bridgehead atoms. The lowest BCUT2D eigenvalue weighted by molar-refractivity contribution is 0.349. The minimum absolute atomic E-state index is 0.0939. The van der Waals surface area contributed by atoms with Crippen LogP contribution in [0.2, 0.25) is 0 Å². The third-order valence-electron chi connectivity index (χ3n) is 4.18. The number of aliphatic hydroxyl groups excluding tert-OH is 1. The summed E-state index contributed by atoms with van der Waals surface area (Å²) in [6.45, 7) is 2.25. The van der Waals surface area contributed by atoms with Gasteiger partial charge in [0.05, 0.1) is 5.76 Å². The summed E-state index contributed by atoms with van der Waals surface area (Å²) < 4.78 is 33.0. The van der Waals surface area contributed by atoms with Gasteiger partial charge in [0.1, 0.15) is 11.0 Å². The van der Waals surface area contributed by atoms with E-state index in [9.17, 15) is 23.2 Å². The molecule has 2 rings (SSSR count). The van der Waals surface area contributed by atoms with Gasteiger partial charge in [-0.25, -0.2) is 0 Å². The van der Waals surface area contributed by atoms with E-state index in [4.69, 9.17) is 0 Å². The minimum Gasteiger partial charge on any atom is -0.512 e. The summed E-state index contributed by atoms with van der Waals surface area (Å²) in [4.78, 5) is 0. The molecule has 1 aliphatic rings. The van der Waals surface area contributed by atoms with Crippen molar-refractivity contribution >= 4 is 10.1 Å². The molecule has 1 aliphatic carbocycles. The fourth-order valence-electron chi connectivity index (χ4n) is 2.85. The lowest BCUT2D eigenvalue weighted by atomic mass is 10.1. The molecule has 0 heterocycles.